The second-order valence-electron chi connectivity index (χ2n) is 5.17. The topological polar surface area (TPSA) is 38.9 Å². The van der Waals surface area contributed by atoms with Gasteiger partial charge in [-0.2, -0.15) is 16.7 Å². The van der Waals surface area contributed by atoms with E-state index in [0.717, 1.165) is 23.5 Å². The first-order valence-electron chi connectivity index (χ1n) is 7.32. The molecule has 0 aliphatic carbocycles. The van der Waals surface area contributed by atoms with Gasteiger partial charge in [-0.25, -0.2) is 0 Å². The van der Waals surface area contributed by atoms with E-state index < -0.39 is 0 Å². The monoisotopic (exact) mass is 310 g/mol. The highest BCUT2D eigenvalue weighted by atomic mass is 32.2. The molecule has 0 spiro atoms. The Balaban J connectivity index is 1.50. The van der Waals surface area contributed by atoms with E-state index in [1.54, 1.807) is 0 Å². The molecule has 0 unspecified atom stereocenters. The third-order valence-electron chi connectivity index (χ3n) is 3.35. The molecule has 22 heavy (non-hydrogen) atoms. The maximum absolute atomic E-state index is 5.33. The number of hydrogen-bond acceptors (Lipinski definition) is 4. The average molecular weight is 310 g/mol. The molecule has 4 heteroatoms. The van der Waals surface area contributed by atoms with Crippen molar-refractivity contribution >= 4 is 11.8 Å². The second kappa shape index (κ2) is 7.27. The molecule has 0 saturated heterocycles. The minimum Gasteiger partial charge on any atom is -0.339 e. The second-order valence-corrected chi connectivity index (χ2v) is 6.27. The van der Waals surface area contributed by atoms with Crippen LogP contribution in [-0.4, -0.2) is 15.9 Å². The minimum atomic E-state index is 0.669. The summed E-state index contributed by atoms with van der Waals surface area (Å²) in [4.78, 5) is 4.46. The number of benzene rings is 2. The largest absolute Gasteiger partial charge is 0.339 e. The van der Waals surface area contributed by atoms with Crippen LogP contribution in [0.2, 0.25) is 0 Å². The third-order valence-corrected chi connectivity index (χ3v) is 4.38. The third kappa shape index (κ3) is 3.98. The average Bonchev–Trinajstić information content (AvgIpc) is 3.02. The highest BCUT2D eigenvalue weighted by Gasteiger charge is 2.08. The van der Waals surface area contributed by atoms with Crippen LogP contribution in [0, 0.1) is 6.92 Å². The van der Waals surface area contributed by atoms with Gasteiger partial charge >= 0.3 is 0 Å². The molecule has 0 amide bonds. The Kier molecular flexibility index (Phi) is 4.91. The molecular weight excluding hydrogens is 292 g/mol. The van der Waals surface area contributed by atoms with Crippen molar-refractivity contribution in [2.45, 2.75) is 19.1 Å². The van der Waals surface area contributed by atoms with Crippen molar-refractivity contribution in [3.8, 4) is 11.4 Å². The zero-order valence-electron chi connectivity index (χ0n) is 12.5. The Bertz CT molecular complexity index is 707. The molecule has 1 aromatic heterocycles. The Morgan fingerprint density at radius 3 is 2.55 bits per heavy atom. The van der Waals surface area contributed by atoms with Gasteiger partial charge in [0.1, 0.15) is 0 Å². The minimum absolute atomic E-state index is 0.669. The zero-order chi connectivity index (χ0) is 15.2. The highest BCUT2D eigenvalue weighted by Crippen LogP contribution is 2.18. The maximum Gasteiger partial charge on any atom is 0.227 e. The van der Waals surface area contributed by atoms with E-state index in [-0.39, 0.29) is 0 Å². The lowest BCUT2D eigenvalue weighted by atomic mass is 10.1. The highest BCUT2D eigenvalue weighted by molar-refractivity contribution is 7.98. The summed E-state index contributed by atoms with van der Waals surface area (Å²) in [6.07, 6.45) is 0.802. The maximum atomic E-state index is 5.33. The van der Waals surface area contributed by atoms with Gasteiger partial charge in [0.15, 0.2) is 0 Å². The Morgan fingerprint density at radius 2 is 1.77 bits per heavy atom. The predicted molar refractivity (Wildman–Crippen MR) is 90.8 cm³/mol. The Labute approximate surface area is 134 Å². The van der Waals surface area contributed by atoms with Gasteiger partial charge in [0.05, 0.1) is 0 Å². The molecule has 112 valence electrons. The molecule has 3 nitrogen and oxygen atoms in total. The predicted octanol–water partition coefficient (Wildman–Crippen LogP) is 4.52. The molecule has 0 atom stereocenters. The van der Waals surface area contributed by atoms with Crippen molar-refractivity contribution in [1.82, 2.24) is 10.1 Å². The van der Waals surface area contributed by atoms with Crippen LogP contribution in [-0.2, 0) is 12.2 Å². The molecule has 3 rings (SSSR count). The normalized spacial score (nSPS) is 10.8. The van der Waals surface area contributed by atoms with E-state index in [1.807, 2.05) is 30.0 Å². The molecule has 0 radical (unpaired) electrons. The van der Waals surface area contributed by atoms with Crippen LogP contribution in [0.5, 0.6) is 0 Å². The number of thioether (sulfide) groups is 1. The number of rotatable bonds is 6. The van der Waals surface area contributed by atoms with Gasteiger partial charge in [0, 0.05) is 23.5 Å². The molecule has 2 aromatic carbocycles. The standard InChI is InChI=1S/C18H18N2OS/c1-14-7-9-16(10-8-14)18-19-17(21-20-18)11-12-22-13-15-5-3-2-4-6-15/h2-10H,11-13H2,1H3. The SMILES string of the molecule is Cc1ccc(-c2noc(CCSCc3ccccc3)n2)cc1. The van der Waals surface area contributed by atoms with Crippen LogP contribution >= 0.6 is 11.8 Å². The summed E-state index contributed by atoms with van der Waals surface area (Å²) >= 11 is 1.88. The van der Waals surface area contributed by atoms with Crippen molar-refractivity contribution in [2.24, 2.45) is 0 Å². The lowest BCUT2D eigenvalue weighted by Crippen LogP contribution is -1.90. The fourth-order valence-corrected chi connectivity index (χ4v) is 2.99. The van der Waals surface area contributed by atoms with E-state index >= 15 is 0 Å². The quantitative estimate of drug-likeness (QED) is 0.627. The van der Waals surface area contributed by atoms with Gasteiger partial charge in [0.2, 0.25) is 11.7 Å². The molecule has 1 heterocycles. The smallest absolute Gasteiger partial charge is 0.227 e. The Morgan fingerprint density at radius 1 is 1.00 bits per heavy atom. The molecule has 0 bridgehead atoms. The van der Waals surface area contributed by atoms with Crippen molar-refractivity contribution in [2.75, 3.05) is 5.75 Å². The first-order chi connectivity index (χ1) is 10.8. The van der Waals surface area contributed by atoms with E-state index in [4.69, 9.17) is 4.52 Å². The van der Waals surface area contributed by atoms with E-state index in [9.17, 15) is 0 Å². The first-order valence-corrected chi connectivity index (χ1v) is 8.48. The lowest BCUT2D eigenvalue weighted by Gasteiger charge is -1.99. The zero-order valence-corrected chi connectivity index (χ0v) is 13.3. The van der Waals surface area contributed by atoms with Gasteiger partial charge < -0.3 is 4.52 Å². The van der Waals surface area contributed by atoms with Crippen molar-refractivity contribution in [1.29, 1.82) is 0 Å². The molecule has 0 fully saturated rings. The van der Waals surface area contributed by atoms with Crippen LogP contribution < -0.4 is 0 Å². The van der Waals surface area contributed by atoms with Crippen molar-refractivity contribution < 1.29 is 4.52 Å². The molecule has 0 aliphatic heterocycles. The number of hydrogen-bond donors (Lipinski definition) is 0. The summed E-state index contributed by atoms with van der Waals surface area (Å²) in [5.74, 6) is 3.36. The van der Waals surface area contributed by atoms with E-state index in [2.05, 4.69) is 53.5 Å². The molecule has 0 saturated carbocycles. The van der Waals surface area contributed by atoms with Gasteiger partial charge in [-0.1, -0.05) is 65.3 Å². The summed E-state index contributed by atoms with van der Waals surface area (Å²) in [5.41, 5.74) is 3.57. The van der Waals surface area contributed by atoms with Crippen LogP contribution in [0.3, 0.4) is 0 Å². The van der Waals surface area contributed by atoms with Gasteiger partial charge in [-0.05, 0) is 12.5 Å². The summed E-state index contributed by atoms with van der Waals surface area (Å²) in [5, 5.41) is 4.06. The van der Waals surface area contributed by atoms with Gasteiger partial charge in [-0.15, -0.1) is 0 Å². The molecule has 3 aromatic rings. The fourth-order valence-electron chi connectivity index (χ4n) is 2.10. The van der Waals surface area contributed by atoms with E-state index in [1.165, 1.54) is 11.1 Å². The number of aryl methyl sites for hydroxylation is 2. The van der Waals surface area contributed by atoms with E-state index in [0.29, 0.717) is 11.7 Å². The molecular formula is C18H18N2OS. The summed E-state index contributed by atoms with van der Waals surface area (Å²) < 4.78 is 5.33. The summed E-state index contributed by atoms with van der Waals surface area (Å²) in [6, 6.07) is 18.6. The lowest BCUT2D eigenvalue weighted by molar-refractivity contribution is 0.383. The first kappa shape index (κ1) is 14.9. The Hall–Kier alpha value is -2.07. The molecule has 0 aliphatic rings. The number of aromatic nitrogens is 2. The van der Waals surface area contributed by atoms with Crippen LogP contribution in [0.15, 0.2) is 59.1 Å². The van der Waals surface area contributed by atoms with Crippen LogP contribution in [0.4, 0.5) is 0 Å². The van der Waals surface area contributed by atoms with Crippen molar-refractivity contribution in [3.63, 3.8) is 0 Å². The van der Waals surface area contributed by atoms with Crippen molar-refractivity contribution in [3.05, 3.63) is 71.6 Å². The van der Waals surface area contributed by atoms with Crippen LogP contribution in [0.25, 0.3) is 11.4 Å². The van der Waals surface area contributed by atoms with Gasteiger partial charge in [-0.3, -0.25) is 0 Å². The fraction of sp³-hybridized carbons (Fsp3) is 0.222. The summed E-state index contributed by atoms with van der Waals surface area (Å²) in [7, 11) is 0. The summed E-state index contributed by atoms with van der Waals surface area (Å²) in [6.45, 7) is 2.06. The number of nitrogens with zero attached hydrogens (tertiary/aromatic N) is 2. The van der Waals surface area contributed by atoms with Gasteiger partial charge in [0.25, 0.3) is 0 Å². The molecule has 0 N–H and O–H groups in total. The van der Waals surface area contributed by atoms with Crippen LogP contribution in [0.1, 0.15) is 17.0 Å².